The molecule has 0 unspecified atom stereocenters. The van der Waals surface area contributed by atoms with Crippen LogP contribution in [0.25, 0.3) is 10.8 Å². The molecule has 0 aliphatic rings. The summed E-state index contributed by atoms with van der Waals surface area (Å²) in [4.78, 5) is 13.5. The molecular weight excluding hydrogens is 358 g/mol. The fraction of sp³-hybridized carbons (Fsp3) is 0.227. The lowest BCUT2D eigenvalue weighted by molar-refractivity contribution is -0.113. The summed E-state index contributed by atoms with van der Waals surface area (Å²) < 4.78 is 11.1. The predicted molar refractivity (Wildman–Crippen MR) is 112 cm³/mol. The van der Waals surface area contributed by atoms with Crippen LogP contribution in [0, 0.1) is 0 Å². The topological polar surface area (TPSA) is 47.6 Å². The number of ether oxygens (including phenoxy) is 2. The molecule has 0 atom stereocenters. The van der Waals surface area contributed by atoms with Gasteiger partial charge in [-0.05, 0) is 48.9 Å². The van der Waals surface area contributed by atoms with Crippen molar-refractivity contribution in [3.63, 3.8) is 0 Å². The second-order valence-electron chi connectivity index (χ2n) is 5.87. The number of nitrogens with one attached hydrogen (secondary N) is 1. The van der Waals surface area contributed by atoms with Crippen LogP contribution in [0.1, 0.15) is 13.8 Å². The lowest BCUT2D eigenvalue weighted by atomic mass is 10.1. The zero-order valence-electron chi connectivity index (χ0n) is 15.5. The van der Waals surface area contributed by atoms with Gasteiger partial charge in [0.15, 0.2) is 0 Å². The number of thioether (sulfide) groups is 1. The molecule has 1 amide bonds. The van der Waals surface area contributed by atoms with Gasteiger partial charge in [0.2, 0.25) is 5.91 Å². The second-order valence-corrected chi connectivity index (χ2v) is 6.92. The van der Waals surface area contributed by atoms with Gasteiger partial charge >= 0.3 is 0 Å². The number of amides is 1. The van der Waals surface area contributed by atoms with Crippen LogP contribution in [-0.2, 0) is 4.79 Å². The third-order valence-electron chi connectivity index (χ3n) is 3.93. The van der Waals surface area contributed by atoms with E-state index in [2.05, 4.69) is 29.6 Å². The van der Waals surface area contributed by atoms with Gasteiger partial charge in [-0.2, -0.15) is 0 Å². The summed E-state index contributed by atoms with van der Waals surface area (Å²) >= 11 is 1.51. The molecular formula is C22H23NO3S. The summed E-state index contributed by atoms with van der Waals surface area (Å²) in [5.41, 5.74) is 0.631. The molecule has 5 heteroatoms. The van der Waals surface area contributed by atoms with E-state index in [-0.39, 0.29) is 5.91 Å². The van der Waals surface area contributed by atoms with E-state index in [1.54, 1.807) is 6.07 Å². The Morgan fingerprint density at radius 3 is 2.48 bits per heavy atom. The smallest absolute Gasteiger partial charge is 0.234 e. The zero-order chi connectivity index (χ0) is 19.1. The van der Waals surface area contributed by atoms with Crippen molar-refractivity contribution in [3.8, 4) is 11.5 Å². The summed E-state index contributed by atoms with van der Waals surface area (Å²) in [7, 11) is 0. The minimum Gasteiger partial charge on any atom is -0.494 e. The normalized spacial score (nSPS) is 10.6. The van der Waals surface area contributed by atoms with Crippen LogP contribution in [0.15, 0.2) is 65.6 Å². The minimum atomic E-state index is -0.0808. The molecule has 0 saturated carbocycles. The Hall–Kier alpha value is -2.66. The second kappa shape index (κ2) is 9.33. The average Bonchev–Trinajstić information content (AvgIpc) is 2.68. The van der Waals surface area contributed by atoms with Crippen LogP contribution < -0.4 is 14.8 Å². The highest BCUT2D eigenvalue weighted by molar-refractivity contribution is 8.00. The number of rotatable bonds is 8. The van der Waals surface area contributed by atoms with E-state index < -0.39 is 0 Å². The number of carbonyl (C=O) groups excluding carboxylic acids is 1. The number of anilines is 1. The van der Waals surface area contributed by atoms with Gasteiger partial charge in [0, 0.05) is 11.0 Å². The number of hydrogen-bond donors (Lipinski definition) is 1. The van der Waals surface area contributed by atoms with Gasteiger partial charge in [0.25, 0.3) is 0 Å². The van der Waals surface area contributed by atoms with Crippen molar-refractivity contribution in [2.45, 2.75) is 18.7 Å². The summed E-state index contributed by atoms with van der Waals surface area (Å²) in [5, 5.41) is 5.30. The van der Waals surface area contributed by atoms with Gasteiger partial charge in [-0.25, -0.2) is 0 Å². The average molecular weight is 381 g/mol. The Bertz CT molecular complexity index is 926. The molecule has 140 valence electrons. The van der Waals surface area contributed by atoms with Gasteiger partial charge in [-0.3, -0.25) is 4.79 Å². The van der Waals surface area contributed by atoms with Crippen molar-refractivity contribution in [2.75, 3.05) is 24.3 Å². The molecule has 0 fully saturated rings. The number of carbonyl (C=O) groups is 1. The third-order valence-corrected chi connectivity index (χ3v) is 4.92. The van der Waals surface area contributed by atoms with Gasteiger partial charge in [0.05, 0.1) is 24.7 Å². The van der Waals surface area contributed by atoms with Gasteiger partial charge in [-0.1, -0.05) is 30.3 Å². The van der Waals surface area contributed by atoms with E-state index in [0.29, 0.717) is 36.2 Å². The molecule has 0 spiro atoms. The minimum absolute atomic E-state index is 0.0808. The molecule has 0 heterocycles. The molecule has 3 aromatic carbocycles. The van der Waals surface area contributed by atoms with E-state index in [0.717, 1.165) is 4.90 Å². The maximum atomic E-state index is 12.4. The summed E-state index contributed by atoms with van der Waals surface area (Å²) in [6.45, 7) is 4.94. The van der Waals surface area contributed by atoms with Crippen LogP contribution in [-0.4, -0.2) is 24.9 Å². The molecule has 27 heavy (non-hydrogen) atoms. The number of hydrogen-bond acceptors (Lipinski definition) is 4. The summed E-state index contributed by atoms with van der Waals surface area (Å²) in [5.74, 6) is 1.59. The molecule has 0 radical (unpaired) electrons. The van der Waals surface area contributed by atoms with Crippen molar-refractivity contribution >= 4 is 34.1 Å². The van der Waals surface area contributed by atoms with Crippen molar-refractivity contribution in [1.82, 2.24) is 0 Å². The zero-order valence-corrected chi connectivity index (χ0v) is 16.3. The standard InChI is InChI=1S/C22H23NO3S/c1-3-25-18-10-12-21(26-4-2)20(14-18)23-22(24)15-27-19-11-9-16-7-5-6-8-17(16)13-19/h5-14H,3-4,15H2,1-2H3,(H,23,24). The molecule has 0 bridgehead atoms. The molecule has 1 N–H and O–H groups in total. The van der Waals surface area contributed by atoms with Crippen LogP contribution in [0.5, 0.6) is 11.5 Å². The lowest BCUT2D eigenvalue weighted by Crippen LogP contribution is -2.15. The highest BCUT2D eigenvalue weighted by atomic mass is 32.2. The monoisotopic (exact) mass is 381 g/mol. The van der Waals surface area contributed by atoms with Gasteiger partial charge in [0.1, 0.15) is 11.5 Å². The molecule has 3 rings (SSSR count). The predicted octanol–water partition coefficient (Wildman–Crippen LogP) is 5.37. The van der Waals surface area contributed by atoms with E-state index in [1.807, 2.05) is 44.2 Å². The highest BCUT2D eigenvalue weighted by Gasteiger charge is 2.10. The van der Waals surface area contributed by atoms with Crippen molar-refractivity contribution in [2.24, 2.45) is 0 Å². The molecule has 0 aromatic heterocycles. The van der Waals surface area contributed by atoms with Crippen molar-refractivity contribution in [1.29, 1.82) is 0 Å². The van der Waals surface area contributed by atoms with Gasteiger partial charge in [-0.15, -0.1) is 11.8 Å². The van der Waals surface area contributed by atoms with Crippen molar-refractivity contribution in [3.05, 3.63) is 60.7 Å². The maximum absolute atomic E-state index is 12.4. The Kier molecular flexibility index (Phi) is 6.60. The quantitative estimate of drug-likeness (QED) is 0.533. The maximum Gasteiger partial charge on any atom is 0.234 e. The van der Waals surface area contributed by atoms with Crippen LogP contribution in [0.4, 0.5) is 5.69 Å². The van der Waals surface area contributed by atoms with Crippen LogP contribution in [0.2, 0.25) is 0 Å². The molecule has 0 saturated heterocycles. The third kappa shape index (κ3) is 5.17. The molecule has 0 aliphatic carbocycles. The van der Waals surface area contributed by atoms with E-state index in [4.69, 9.17) is 9.47 Å². The first-order valence-corrected chi connectivity index (χ1v) is 9.99. The van der Waals surface area contributed by atoms with E-state index in [1.165, 1.54) is 22.5 Å². The van der Waals surface area contributed by atoms with E-state index in [9.17, 15) is 4.79 Å². The lowest BCUT2D eigenvalue weighted by Gasteiger charge is -2.13. The highest BCUT2D eigenvalue weighted by Crippen LogP contribution is 2.30. The van der Waals surface area contributed by atoms with Crippen LogP contribution in [0.3, 0.4) is 0 Å². The molecule has 3 aromatic rings. The van der Waals surface area contributed by atoms with E-state index >= 15 is 0 Å². The Morgan fingerprint density at radius 1 is 0.926 bits per heavy atom. The largest absolute Gasteiger partial charge is 0.494 e. The summed E-state index contributed by atoms with van der Waals surface area (Å²) in [6.07, 6.45) is 0. The fourth-order valence-electron chi connectivity index (χ4n) is 2.74. The Labute approximate surface area is 163 Å². The first-order chi connectivity index (χ1) is 13.2. The molecule has 4 nitrogen and oxygen atoms in total. The van der Waals surface area contributed by atoms with Crippen LogP contribution >= 0.6 is 11.8 Å². The summed E-state index contributed by atoms with van der Waals surface area (Å²) in [6, 6.07) is 19.9. The number of benzene rings is 3. The Balaban J connectivity index is 1.66. The number of fused-ring (bicyclic) bond motifs is 1. The Morgan fingerprint density at radius 2 is 1.70 bits per heavy atom. The van der Waals surface area contributed by atoms with Crippen molar-refractivity contribution < 1.29 is 14.3 Å². The van der Waals surface area contributed by atoms with Gasteiger partial charge < -0.3 is 14.8 Å². The molecule has 0 aliphatic heterocycles. The fourth-order valence-corrected chi connectivity index (χ4v) is 3.48. The first kappa shape index (κ1) is 19.1. The first-order valence-electron chi connectivity index (χ1n) is 9.00. The SMILES string of the molecule is CCOc1ccc(OCC)c(NC(=O)CSc2ccc3ccccc3c2)c1.